The fraction of sp³-hybridized carbons (Fsp3) is 0.529. The molecule has 0 radical (unpaired) electrons. The average molecular weight is 381 g/mol. The van der Waals surface area contributed by atoms with Crippen LogP contribution in [-0.4, -0.2) is 41.1 Å². The number of halogens is 1. The van der Waals surface area contributed by atoms with Crippen molar-refractivity contribution in [2.45, 2.75) is 37.6 Å². The van der Waals surface area contributed by atoms with Crippen molar-refractivity contribution in [2.24, 2.45) is 5.92 Å². The minimum Gasteiger partial charge on any atom is -0.481 e. The summed E-state index contributed by atoms with van der Waals surface area (Å²) in [7, 11) is 0. The predicted molar refractivity (Wildman–Crippen MR) is 90.4 cm³/mol. The van der Waals surface area contributed by atoms with Gasteiger partial charge in [0.15, 0.2) is 0 Å². The number of nitrogens with one attached hydrogen (secondary N) is 1. The first kappa shape index (κ1) is 16.3. The molecule has 0 bridgehead atoms. The van der Waals surface area contributed by atoms with Crippen LogP contribution in [0.25, 0.3) is 0 Å². The van der Waals surface area contributed by atoms with Gasteiger partial charge in [-0.15, -0.1) is 0 Å². The molecule has 0 aromatic heterocycles. The first-order chi connectivity index (χ1) is 11.0. The van der Waals surface area contributed by atoms with Gasteiger partial charge in [-0.1, -0.05) is 28.1 Å². The third-order valence-electron chi connectivity index (χ3n) is 4.86. The van der Waals surface area contributed by atoms with Crippen LogP contribution in [0.2, 0.25) is 0 Å². The van der Waals surface area contributed by atoms with E-state index in [0.717, 1.165) is 23.7 Å². The smallest absolute Gasteiger partial charge is 0.317 e. The van der Waals surface area contributed by atoms with Crippen LogP contribution in [0.15, 0.2) is 28.7 Å². The van der Waals surface area contributed by atoms with E-state index in [4.69, 9.17) is 5.11 Å². The van der Waals surface area contributed by atoms with E-state index in [1.165, 1.54) is 5.56 Å². The van der Waals surface area contributed by atoms with Gasteiger partial charge in [-0.05, 0) is 49.3 Å². The zero-order valence-electron chi connectivity index (χ0n) is 12.9. The molecule has 2 fully saturated rings. The van der Waals surface area contributed by atoms with Gasteiger partial charge in [0.2, 0.25) is 0 Å². The molecule has 2 amide bonds. The van der Waals surface area contributed by atoms with Crippen molar-refractivity contribution in [3.05, 3.63) is 34.3 Å². The minimum absolute atomic E-state index is 0.116. The molecule has 1 atom stereocenters. The molecule has 5 nitrogen and oxygen atoms in total. The number of carboxylic acids is 1. The Morgan fingerprint density at radius 2 is 1.91 bits per heavy atom. The van der Waals surface area contributed by atoms with E-state index in [1.807, 2.05) is 12.1 Å². The largest absolute Gasteiger partial charge is 0.481 e. The SMILES string of the molecule is O=C(O)C1CCCN(C(=O)NC2CC(c3ccc(Br)cc3)C2)C1. The second-order valence-electron chi connectivity index (χ2n) is 6.49. The predicted octanol–water partition coefficient (Wildman–Crippen LogP) is 3.20. The zero-order chi connectivity index (χ0) is 16.4. The molecule has 1 aromatic rings. The van der Waals surface area contributed by atoms with Crippen LogP contribution in [0.5, 0.6) is 0 Å². The Balaban J connectivity index is 1.47. The highest BCUT2D eigenvalue weighted by Gasteiger charge is 2.34. The molecule has 1 heterocycles. The molecule has 1 aliphatic heterocycles. The number of nitrogens with zero attached hydrogens (tertiary/aromatic N) is 1. The van der Waals surface area contributed by atoms with E-state index in [1.54, 1.807) is 4.90 Å². The third-order valence-corrected chi connectivity index (χ3v) is 5.39. The van der Waals surface area contributed by atoms with Crippen LogP contribution in [0.1, 0.15) is 37.2 Å². The van der Waals surface area contributed by atoms with E-state index < -0.39 is 11.9 Å². The molecule has 1 aromatic carbocycles. The van der Waals surface area contributed by atoms with Gasteiger partial charge in [-0.2, -0.15) is 0 Å². The lowest BCUT2D eigenvalue weighted by Gasteiger charge is -2.38. The summed E-state index contributed by atoms with van der Waals surface area (Å²) in [6, 6.07) is 8.41. The number of benzene rings is 1. The normalized spacial score (nSPS) is 27.2. The minimum atomic E-state index is -0.804. The van der Waals surface area contributed by atoms with E-state index in [-0.39, 0.29) is 12.1 Å². The van der Waals surface area contributed by atoms with Gasteiger partial charge in [-0.25, -0.2) is 4.79 Å². The number of amides is 2. The summed E-state index contributed by atoms with van der Waals surface area (Å²) in [6.07, 6.45) is 3.32. The molecule has 1 saturated heterocycles. The summed E-state index contributed by atoms with van der Waals surface area (Å²) >= 11 is 3.43. The second kappa shape index (κ2) is 6.91. The Kier molecular flexibility index (Phi) is 4.90. The standard InChI is InChI=1S/C17H21BrN2O3/c18-14-5-3-11(4-6-14)13-8-15(9-13)19-17(23)20-7-1-2-12(10-20)16(21)22/h3-6,12-13,15H,1-2,7-10H2,(H,19,23)(H,21,22). The fourth-order valence-electron chi connectivity index (χ4n) is 3.37. The maximum atomic E-state index is 12.3. The fourth-order valence-corrected chi connectivity index (χ4v) is 3.64. The van der Waals surface area contributed by atoms with Crippen LogP contribution in [-0.2, 0) is 4.79 Å². The van der Waals surface area contributed by atoms with Crippen molar-refractivity contribution in [2.75, 3.05) is 13.1 Å². The highest BCUT2D eigenvalue weighted by atomic mass is 79.9. The van der Waals surface area contributed by atoms with E-state index >= 15 is 0 Å². The molecule has 0 spiro atoms. The summed E-state index contributed by atoms with van der Waals surface area (Å²) in [5.74, 6) is -0.727. The van der Waals surface area contributed by atoms with Gasteiger partial charge in [0.1, 0.15) is 0 Å². The number of aliphatic carboxylic acids is 1. The summed E-state index contributed by atoms with van der Waals surface area (Å²) < 4.78 is 1.07. The monoisotopic (exact) mass is 380 g/mol. The number of carbonyl (C=O) groups is 2. The van der Waals surface area contributed by atoms with Crippen molar-refractivity contribution in [1.82, 2.24) is 10.2 Å². The lowest BCUT2D eigenvalue weighted by molar-refractivity contribution is -0.143. The second-order valence-corrected chi connectivity index (χ2v) is 7.41. The zero-order valence-corrected chi connectivity index (χ0v) is 14.5. The molecular weight excluding hydrogens is 360 g/mol. The molecule has 1 unspecified atom stereocenters. The Morgan fingerprint density at radius 3 is 2.57 bits per heavy atom. The summed E-state index contributed by atoms with van der Waals surface area (Å²) in [6.45, 7) is 0.975. The number of carbonyl (C=O) groups excluding carboxylic acids is 1. The number of urea groups is 1. The molecule has 124 valence electrons. The van der Waals surface area contributed by atoms with Gasteiger partial charge in [0, 0.05) is 23.6 Å². The topological polar surface area (TPSA) is 69.6 Å². The van der Waals surface area contributed by atoms with Crippen molar-refractivity contribution >= 4 is 27.9 Å². The molecule has 6 heteroatoms. The van der Waals surface area contributed by atoms with Crippen LogP contribution >= 0.6 is 15.9 Å². The first-order valence-corrected chi connectivity index (χ1v) is 8.86. The maximum absolute atomic E-state index is 12.3. The van der Waals surface area contributed by atoms with Crippen LogP contribution in [0, 0.1) is 5.92 Å². The molecular formula is C17H21BrN2O3. The van der Waals surface area contributed by atoms with Crippen LogP contribution in [0.4, 0.5) is 4.79 Å². The number of rotatable bonds is 3. The highest BCUT2D eigenvalue weighted by molar-refractivity contribution is 9.10. The number of hydrogen-bond acceptors (Lipinski definition) is 2. The lowest BCUT2D eigenvalue weighted by Crippen LogP contribution is -2.52. The van der Waals surface area contributed by atoms with Gasteiger partial charge < -0.3 is 15.3 Å². The third kappa shape index (κ3) is 3.86. The van der Waals surface area contributed by atoms with Crippen LogP contribution < -0.4 is 5.32 Å². The Labute approximate surface area is 144 Å². The van der Waals surface area contributed by atoms with Crippen molar-refractivity contribution < 1.29 is 14.7 Å². The van der Waals surface area contributed by atoms with Crippen molar-refractivity contribution in [3.63, 3.8) is 0 Å². The van der Waals surface area contributed by atoms with Crippen molar-refractivity contribution in [1.29, 1.82) is 0 Å². The maximum Gasteiger partial charge on any atom is 0.317 e. The van der Waals surface area contributed by atoms with Gasteiger partial charge >= 0.3 is 12.0 Å². The summed E-state index contributed by atoms with van der Waals surface area (Å²) in [5.41, 5.74) is 1.31. The van der Waals surface area contributed by atoms with Gasteiger partial charge in [0.05, 0.1) is 5.92 Å². The highest BCUT2D eigenvalue weighted by Crippen LogP contribution is 2.37. The molecule has 2 aliphatic rings. The number of hydrogen-bond donors (Lipinski definition) is 2. The van der Waals surface area contributed by atoms with E-state index in [2.05, 4.69) is 33.4 Å². The Hall–Kier alpha value is -1.56. The molecule has 1 aliphatic carbocycles. The lowest BCUT2D eigenvalue weighted by atomic mass is 9.76. The number of piperidine rings is 1. The van der Waals surface area contributed by atoms with Crippen molar-refractivity contribution in [3.8, 4) is 0 Å². The number of likely N-dealkylation sites (tertiary alicyclic amines) is 1. The molecule has 1 saturated carbocycles. The first-order valence-electron chi connectivity index (χ1n) is 8.06. The summed E-state index contributed by atoms with van der Waals surface area (Å²) in [4.78, 5) is 25.0. The quantitative estimate of drug-likeness (QED) is 0.845. The Bertz CT molecular complexity index is 584. The average Bonchev–Trinajstić information content (AvgIpc) is 2.51. The van der Waals surface area contributed by atoms with Gasteiger partial charge in [0.25, 0.3) is 0 Å². The van der Waals surface area contributed by atoms with E-state index in [9.17, 15) is 9.59 Å². The molecule has 2 N–H and O–H groups in total. The molecule has 3 rings (SSSR count). The van der Waals surface area contributed by atoms with E-state index in [0.29, 0.717) is 25.4 Å². The van der Waals surface area contributed by atoms with Gasteiger partial charge in [-0.3, -0.25) is 4.79 Å². The Morgan fingerprint density at radius 1 is 1.22 bits per heavy atom. The number of carboxylic acid groups (broad SMARTS) is 1. The molecule has 23 heavy (non-hydrogen) atoms. The van der Waals surface area contributed by atoms with Crippen LogP contribution in [0.3, 0.4) is 0 Å². The summed E-state index contributed by atoms with van der Waals surface area (Å²) in [5, 5.41) is 12.1.